The second-order valence-corrected chi connectivity index (χ2v) is 3.94. The van der Waals surface area contributed by atoms with Gasteiger partial charge in [-0.2, -0.15) is 5.10 Å². The minimum atomic E-state index is -0.436. The van der Waals surface area contributed by atoms with Gasteiger partial charge in [0.2, 0.25) is 0 Å². The summed E-state index contributed by atoms with van der Waals surface area (Å²) in [5, 5.41) is 3.87. The van der Waals surface area contributed by atoms with Crippen molar-refractivity contribution in [3.05, 3.63) is 48.0 Å². The van der Waals surface area contributed by atoms with E-state index in [4.69, 9.17) is 9.47 Å². The maximum absolute atomic E-state index is 11.7. The standard InChI is InChI=1S/C14H14N4O3/c1-20-11-5-10(6-12(7-11)21-2)8-17-18-14(19)13-9-15-3-4-16-13/h3-9H,1-2H3,(H,18,19). The van der Waals surface area contributed by atoms with Gasteiger partial charge in [-0.3, -0.25) is 9.78 Å². The van der Waals surface area contributed by atoms with E-state index >= 15 is 0 Å². The van der Waals surface area contributed by atoms with Crippen LogP contribution in [-0.4, -0.2) is 36.3 Å². The van der Waals surface area contributed by atoms with E-state index in [1.54, 1.807) is 32.4 Å². The fourth-order valence-electron chi connectivity index (χ4n) is 1.54. The maximum Gasteiger partial charge on any atom is 0.291 e. The zero-order chi connectivity index (χ0) is 15.1. The molecule has 0 spiro atoms. The van der Waals surface area contributed by atoms with Crippen LogP contribution in [0.1, 0.15) is 16.1 Å². The Morgan fingerprint density at radius 1 is 1.19 bits per heavy atom. The lowest BCUT2D eigenvalue weighted by molar-refractivity contribution is 0.0949. The molecule has 0 saturated carbocycles. The Labute approximate surface area is 121 Å². The number of rotatable bonds is 5. The van der Waals surface area contributed by atoms with Crippen molar-refractivity contribution in [3.8, 4) is 11.5 Å². The molecular formula is C14H14N4O3. The van der Waals surface area contributed by atoms with Crippen molar-refractivity contribution in [2.24, 2.45) is 5.10 Å². The number of nitrogens with one attached hydrogen (secondary N) is 1. The number of hydrogen-bond donors (Lipinski definition) is 1. The van der Waals surface area contributed by atoms with E-state index in [2.05, 4.69) is 20.5 Å². The summed E-state index contributed by atoms with van der Waals surface area (Å²) in [6.45, 7) is 0. The molecule has 0 bridgehead atoms. The van der Waals surface area contributed by atoms with Gasteiger partial charge in [-0.25, -0.2) is 10.4 Å². The van der Waals surface area contributed by atoms with Gasteiger partial charge in [-0.1, -0.05) is 0 Å². The van der Waals surface area contributed by atoms with Crippen LogP contribution >= 0.6 is 0 Å². The van der Waals surface area contributed by atoms with E-state index in [9.17, 15) is 4.79 Å². The summed E-state index contributed by atoms with van der Waals surface area (Å²) in [6.07, 6.45) is 5.77. The first-order chi connectivity index (χ1) is 10.2. The molecule has 0 aliphatic carbocycles. The zero-order valence-corrected chi connectivity index (χ0v) is 11.6. The molecule has 0 saturated heterocycles. The Bertz CT molecular complexity index is 622. The number of aromatic nitrogens is 2. The van der Waals surface area contributed by atoms with Gasteiger partial charge < -0.3 is 9.47 Å². The number of methoxy groups -OCH3 is 2. The van der Waals surface area contributed by atoms with E-state index in [1.165, 1.54) is 24.8 Å². The Kier molecular flexibility index (Phi) is 4.81. The fraction of sp³-hybridized carbons (Fsp3) is 0.143. The van der Waals surface area contributed by atoms with Gasteiger partial charge >= 0.3 is 0 Å². The van der Waals surface area contributed by atoms with E-state index in [-0.39, 0.29) is 5.69 Å². The maximum atomic E-state index is 11.7. The lowest BCUT2D eigenvalue weighted by Gasteiger charge is -2.05. The second kappa shape index (κ2) is 6.99. The molecule has 1 heterocycles. The predicted octanol–water partition coefficient (Wildman–Crippen LogP) is 1.26. The van der Waals surface area contributed by atoms with Crippen molar-refractivity contribution in [1.29, 1.82) is 0 Å². The molecule has 21 heavy (non-hydrogen) atoms. The van der Waals surface area contributed by atoms with Crippen molar-refractivity contribution in [3.63, 3.8) is 0 Å². The normalized spacial score (nSPS) is 10.4. The van der Waals surface area contributed by atoms with Crippen molar-refractivity contribution in [2.75, 3.05) is 14.2 Å². The minimum Gasteiger partial charge on any atom is -0.497 e. The van der Waals surface area contributed by atoms with E-state index in [0.29, 0.717) is 11.5 Å². The largest absolute Gasteiger partial charge is 0.497 e. The molecule has 1 aromatic heterocycles. The number of carbonyl (C=O) groups excluding carboxylic acids is 1. The molecule has 7 heteroatoms. The smallest absolute Gasteiger partial charge is 0.291 e. The number of nitrogens with zero attached hydrogens (tertiary/aromatic N) is 3. The molecule has 108 valence electrons. The fourth-order valence-corrected chi connectivity index (χ4v) is 1.54. The van der Waals surface area contributed by atoms with Gasteiger partial charge in [0.15, 0.2) is 0 Å². The molecule has 1 aromatic carbocycles. The first-order valence-corrected chi connectivity index (χ1v) is 6.05. The predicted molar refractivity (Wildman–Crippen MR) is 76.6 cm³/mol. The Morgan fingerprint density at radius 2 is 1.90 bits per heavy atom. The minimum absolute atomic E-state index is 0.192. The van der Waals surface area contributed by atoms with Crippen LogP contribution in [0.2, 0.25) is 0 Å². The lowest BCUT2D eigenvalue weighted by atomic mass is 10.2. The third-order valence-electron chi connectivity index (χ3n) is 2.55. The molecule has 7 nitrogen and oxygen atoms in total. The van der Waals surface area contributed by atoms with Gasteiger partial charge in [0.1, 0.15) is 17.2 Å². The van der Waals surface area contributed by atoms with Gasteiger partial charge in [0.05, 0.1) is 26.6 Å². The highest BCUT2D eigenvalue weighted by Crippen LogP contribution is 2.21. The monoisotopic (exact) mass is 286 g/mol. The van der Waals surface area contributed by atoms with E-state index in [0.717, 1.165) is 5.56 Å². The Balaban J connectivity index is 2.06. The molecule has 1 amide bonds. The molecule has 1 N–H and O–H groups in total. The molecule has 0 fully saturated rings. The first-order valence-electron chi connectivity index (χ1n) is 6.05. The van der Waals surface area contributed by atoms with Crippen LogP contribution in [0.5, 0.6) is 11.5 Å². The van der Waals surface area contributed by atoms with Crippen LogP contribution in [-0.2, 0) is 0 Å². The van der Waals surface area contributed by atoms with Gasteiger partial charge in [0, 0.05) is 24.0 Å². The molecule has 0 unspecified atom stereocenters. The Morgan fingerprint density at radius 3 is 2.48 bits per heavy atom. The van der Waals surface area contributed by atoms with Crippen molar-refractivity contribution in [1.82, 2.24) is 15.4 Å². The number of benzene rings is 1. The SMILES string of the molecule is COc1cc(C=NNC(=O)c2cnccn2)cc(OC)c1. The average molecular weight is 286 g/mol. The summed E-state index contributed by atoms with van der Waals surface area (Å²) in [5.74, 6) is 0.835. The van der Waals surface area contributed by atoms with Crippen LogP contribution in [0.4, 0.5) is 0 Å². The molecule has 2 aromatic rings. The van der Waals surface area contributed by atoms with Crippen LogP contribution in [0.3, 0.4) is 0 Å². The summed E-state index contributed by atoms with van der Waals surface area (Å²) in [5.41, 5.74) is 3.29. The summed E-state index contributed by atoms with van der Waals surface area (Å²) < 4.78 is 10.3. The second-order valence-electron chi connectivity index (χ2n) is 3.94. The number of carbonyl (C=O) groups is 1. The van der Waals surface area contributed by atoms with E-state index in [1.807, 2.05) is 0 Å². The Hall–Kier alpha value is -2.96. The molecule has 0 radical (unpaired) electrons. The first kappa shape index (κ1) is 14.4. The molecule has 0 aliphatic heterocycles. The zero-order valence-electron chi connectivity index (χ0n) is 11.6. The third-order valence-corrected chi connectivity index (χ3v) is 2.55. The van der Waals surface area contributed by atoms with Crippen LogP contribution in [0.25, 0.3) is 0 Å². The summed E-state index contributed by atoms with van der Waals surface area (Å²) >= 11 is 0. The van der Waals surface area contributed by atoms with Crippen molar-refractivity contribution >= 4 is 12.1 Å². The summed E-state index contributed by atoms with van der Waals surface area (Å²) in [6, 6.07) is 5.27. The molecule has 0 atom stereocenters. The highest BCUT2D eigenvalue weighted by atomic mass is 16.5. The highest BCUT2D eigenvalue weighted by Gasteiger charge is 2.05. The number of hydrazone groups is 1. The van der Waals surface area contributed by atoms with Crippen LogP contribution < -0.4 is 14.9 Å². The quantitative estimate of drug-likeness (QED) is 0.660. The van der Waals surface area contributed by atoms with Crippen LogP contribution in [0, 0.1) is 0 Å². The third kappa shape index (κ3) is 4.00. The van der Waals surface area contributed by atoms with E-state index < -0.39 is 5.91 Å². The average Bonchev–Trinajstić information content (AvgIpc) is 2.55. The summed E-state index contributed by atoms with van der Waals surface area (Å²) in [4.78, 5) is 19.4. The van der Waals surface area contributed by atoms with Gasteiger partial charge in [0.25, 0.3) is 5.91 Å². The summed E-state index contributed by atoms with van der Waals surface area (Å²) in [7, 11) is 3.12. The van der Waals surface area contributed by atoms with Crippen molar-refractivity contribution < 1.29 is 14.3 Å². The van der Waals surface area contributed by atoms with Gasteiger partial charge in [-0.15, -0.1) is 0 Å². The molecule has 0 aliphatic rings. The number of ether oxygens (including phenoxy) is 2. The van der Waals surface area contributed by atoms with Crippen molar-refractivity contribution in [2.45, 2.75) is 0 Å². The van der Waals surface area contributed by atoms with Gasteiger partial charge in [-0.05, 0) is 12.1 Å². The molecular weight excluding hydrogens is 272 g/mol. The number of amides is 1. The topological polar surface area (TPSA) is 85.7 Å². The highest BCUT2D eigenvalue weighted by molar-refractivity contribution is 5.92. The van der Waals surface area contributed by atoms with Crippen LogP contribution in [0.15, 0.2) is 41.9 Å². The lowest BCUT2D eigenvalue weighted by Crippen LogP contribution is -2.19. The number of hydrogen-bond acceptors (Lipinski definition) is 6. The molecule has 2 rings (SSSR count).